The standard InChI is InChI=1S/C19H19Cl2N3O2/c1-11-5-4-6-17(13(11)3)22-18(25)9-12(2)23-24-19(26)15-8-7-14(20)10-16(15)21/h4-8,10H,9H2,1-3H3,(H,22,25)(H,24,26). The number of carbonyl (C=O) groups is 2. The van der Waals surface area contributed by atoms with Crippen molar-refractivity contribution >= 4 is 46.4 Å². The van der Waals surface area contributed by atoms with E-state index in [-0.39, 0.29) is 22.9 Å². The van der Waals surface area contributed by atoms with Crippen molar-refractivity contribution < 1.29 is 9.59 Å². The van der Waals surface area contributed by atoms with Gasteiger partial charge in [-0.15, -0.1) is 0 Å². The highest BCUT2D eigenvalue weighted by molar-refractivity contribution is 6.36. The number of rotatable bonds is 5. The van der Waals surface area contributed by atoms with Crippen molar-refractivity contribution in [3.63, 3.8) is 0 Å². The number of hydrogen-bond acceptors (Lipinski definition) is 3. The lowest BCUT2D eigenvalue weighted by Crippen LogP contribution is -2.22. The summed E-state index contributed by atoms with van der Waals surface area (Å²) in [5.41, 5.74) is 5.99. The second-order valence-corrected chi connectivity index (χ2v) is 6.73. The van der Waals surface area contributed by atoms with E-state index >= 15 is 0 Å². The summed E-state index contributed by atoms with van der Waals surface area (Å²) in [5, 5.41) is 7.47. The maximum Gasteiger partial charge on any atom is 0.272 e. The molecule has 0 saturated carbocycles. The molecule has 0 radical (unpaired) electrons. The Morgan fingerprint density at radius 3 is 2.54 bits per heavy atom. The first kappa shape index (κ1) is 19.9. The van der Waals surface area contributed by atoms with Crippen molar-refractivity contribution in [2.24, 2.45) is 5.10 Å². The molecule has 7 heteroatoms. The Morgan fingerprint density at radius 2 is 1.85 bits per heavy atom. The molecule has 136 valence electrons. The Balaban J connectivity index is 1.96. The van der Waals surface area contributed by atoms with Gasteiger partial charge in [-0.1, -0.05) is 35.3 Å². The normalized spacial score (nSPS) is 11.2. The van der Waals surface area contributed by atoms with Crippen LogP contribution in [0.15, 0.2) is 41.5 Å². The molecule has 0 fully saturated rings. The SMILES string of the molecule is CC(CC(=O)Nc1cccc(C)c1C)=NNC(=O)c1ccc(Cl)cc1Cl. The summed E-state index contributed by atoms with van der Waals surface area (Å²) < 4.78 is 0. The molecule has 0 aliphatic carbocycles. The third-order valence-electron chi connectivity index (χ3n) is 3.82. The lowest BCUT2D eigenvalue weighted by Gasteiger charge is -2.10. The molecule has 0 aliphatic rings. The van der Waals surface area contributed by atoms with Gasteiger partial charge in [-0.25, -0.2) is 5.43 Å². The molecule has 0 aliphatic heterocycles. The minimum atomic E-state index is -0.471. The Hall–Kier alpha value is -2.37. The van der Waals surface area contributed by atoms with E-state index in [9.17, 15) is 9.59 Å². The number of benzene rings is 2. The monoisotopic (exact) mass is 391 g/mol. The molecule has 0 unspecified atom stereocenters. The largest absolute Gasteiger partial charge is 0.326 e. The van der Waals surface area contributed by atoms with Crippen LogP contribution in [0.2, 0.25) is 10.0 Å². The predicted octanol–water partition coefficient (Wildman–Crippen LogP) is 4.74. The van der Waals surface area contributed by atoms with E-state index in [0.717, 1.165) is 16.8 Å². The molecule has 0 atom stereocenters. The molecule has 26 heavy (non-hydrogen) atoms. The summed E-state index contributed by atoms with van der Waals surface area (Å²) in [7, 11) is 0. The summed E-state index contributed by atoms with van der Waals surface area (Å²) in [5.74, 6) is -0.681. The molecule has 0 saturated heterocycles. The number of amides is 2. The van der Waals surface area contributed by atoms with Crippen LogP contribution >= 0.6 is 23.2 Å². The van der Waals surface area contributed by atoms with E-state index in [4.69, 9.17) is 23.2 Å². The van der Waals surface area contributed by atoms with Gasteiger partial charge in [0.2, 0.25) is 5.91 Å². The van der Waals surface area contributed by atoms with Gasteiger partial charge < -0.3 is 5.32 Å². The lowest BCUT2D eigenvalue weighted by atomic mass is 10.1. The Bertz CT molecular complexity index is 879. The van der Waals surface area contributed by atoms with Crippen LogP contribution in [0.5, 0.6) is 0 Å². The highest BCUT2D eigenvalue weighted by atomic mass is 35.5. The summed E-state index contributed by atoms with van der Waals surface area (Å²) in [6, 6.07) is 10.3. The fourth-order valence-corrected chi connectivity index (χ4v) is 2.73. The number of hydrogen-bond donors (Lipinski definition) is 2. The van der Waals surface area contributed by atoms with Crippen molar-refractivity contribution in [3.05, 3.63) is 63.1 Å². The van der Waals surface area contributed by atoms with Gasteiger partial charge in [-0.3, -0.25) is 9.59 Å². The average molecular weight is 392 g/mol. The van der Waals surface area contributed by atoms with E-state index in [1.165, 1.54) is 12.1 Å². The quantitative estimate of drug-likeness (QED) is 0.570. The minimum Gasteiger partial charge on any atom is -0.326 e. The molecule has 2 rings (SSSR count). The number of halogens is 2. The van der Waals surface area contributed by atoms with Gasteiger partial charge in [0.15, 0.2) is 0 Å². The zero-order valence-corrected chi connectivity index (χ0v) is 16.2. The topological polar surface area (TPSA) is 70.6 Å². The van der Waals surface area contributed by atoms with Crippen molar-refractivity contribution in [1.29, 1.82) is 0 Å². The van der Waals surface area contributed by atoms with Gasteiger partial charge >= 0.3 is 0 Å². The number of hydrazone groups is 1. The molecule has 2 aromatic carbocycles. The van der Waals surface area contributed by atoms with Gasteiger partial charge in [-0.05, 0) is 56.2 Å². The first-order valence-corrected chi connectivity index (χ1v) is 8.68. The fourth-order valence-electron chi connectivity index (χ4n) is 2.23. The van der Waals surface area contributed by atoms with Gasteiger partial charge in [-0.2, -0.15) is 5.10 Å². The Kier molecular flexibility index (Phi) is 6.77. The van der Waals surface area contributed by atoms with Crippen molar-refractivity contribution in [2.75, 3.05) is 5.32 Å². The number of aryl methyl sites for hydroxylation is 1. The molecule has 2 N–H and O–H groups in total. The number of nitrogens with zero attached hydrogens (tertiary/aromatic N) is 1. The molecule has 2 aromatic rings. The number of carbonyl (C=O) groups excluding carboxylic acids is 2. The minimum absolute atomic E-state index is 0.0576. The third kappa shape index (κ3) is 5.31. The van der Waals surface area contributed by atoms with Crippen LogP contribution in [0, 0.1) is 13.8 Å². The summed E-state index contributed by atoms with van der Waals surface area (Å²) in [6.07, 6.45) is 0.0576. The first-order chi connectivity index (χ1) is 12.3. The van der Waals surface area contributed by atoms with E-state index in [0.29, 0.717) is 10.7 Å². The molecular formula is C19H19Cl2N3O2. The van der Waals surface area contributed by atoms with Crippen LogP contribution in [-0.2, 0) is 4.79 Å². The second kappa shape index (κ2) is 8.83. The molecular weight excluding hydrogens is 373 g/mol. The maximum absolute atomic E-state index is 12.2. The first-order valence-electron chi connectivity index (χ1n) is 7.92. The second-order valence-electron chi connectivity index (χ2n) is 5.88. The Morgan fingerprint density at radius 1 is 1.12 bits per heavy atom. The van der Waals surface area contributed by atoms with Gasteiger partial charge in [0, 0.05) is 16.4 Å². The lowest BCUT2D eigenvalue weighted by molar-refractivity contribution is -0.115. The van der Waals surface area contributed by atoms with Crippen LogP contribution in [0.25, 0.3) is 0 Å². The molecule has 2 amide bonds. The number of nitrogens with one attached hydrogen (secondary N) is 2. The van der Waals surface area contributed by atoms with E-state index in [2.05, 4.69) is 15.8 Å². The average Bonchev–Trinajstić information content (AvgIpc) is 2.57. The predicted molar refractivity (Wildman–Crippen MR) is 106 cm³/mol. The van der Waals surface area contributed by atoms with E-state index in [1.54, 1.807) is 13.0 Å². The van der Waals surface area contributed by atoms with Crippen LogP contribution in [0.4, 0.5) is 5.69 Å². The van der Waals surface area contributed by atoms with Gasteiger partial charge in [0.05, 0.1) is 17.0 Å². The molecule has 5 nitrogen and oxygen atoms in total. The maximum atomic E-state index is 12.2. The van der Waals surface area contributed by atoms with Crippen LogP contribution in [-0.4, -0.2) is 17.5 Å². The van der Waals surface area contributed by atoms with Gasteiger partial charge in [0.25, 0.3) is 5.91 Å². The number of anilines is 1. The van der Waals surface area contributed by atoms with E-state index in [1.807, 2.05) is 32.0 Å². The Labute approximate surface area is 162 Å². The fraction of sp³-hybridized carbons (Fsp3) is 0.211. The van der Waals surface area contributed by atoms with Crippen molar-refractivity contribution in [1.82, 2.24) is 5.43 Å². The molecule has 0 spiro atoms. The van der Waals surface area contributed by atoms with Crippen LogP contribution in [0.1, 0.15) is 34.8 Å². The molecule has 0 heterocycles. The highest BCUT2D eigenvalue weighted by Crippen LogP contribution is 2.21. The van der Waals surface area contributed by atoms with Gasteiger partial charge in [0.1, 0.15) is 0 Å². The molecule has 0 bridgehead atoms. The third-order valence-corrected chi connectivity index (χ3v) is 4.37. The van der Waals surface area contributed by atoms with Crippen LogP contribution in [0.3, 0.4) is 0 Å². The zero-order valence-electron chi connectivity index (χ0n) is 14.7. The van der Waals surface area contributed by atoms with Crippen molar-refractivity contribution in [3.8, 4) is 0 Å². The summed E-state index contributed by atoms with van der Waals surface area (Å²) in [6.45, 7) is 5.59. The summed E-state index contributed by atoms with van der Waals surface area (Å²) >= 11 is 11.8. The smallest absolute Gasteiger partial charge is 0.272 e. The summed E-state index contributed by atoms with van der Waals surface area (Å²) in [4.78, 5) is 24.2. The molecule has 0 aromatic heterocycles. The zero-order chi connectivity index (χ0) is 19.3. The van der Waals surface area contributed by atoms with E-state index < -0.39 is 5.91 Å². The highest BCUT2D eigenvalue weighted by Gasteiger charge is 2.11. The van der Waals surface area contributed by atoms with Crippen LogP contribution < -0.4 is 10.7 Å². The van der Waals surface area contributed by atoms with Crippen molar-refractivity contribution in [2.45, 2.75) is 27.2 Å².